The lowest BCUT2D eigenvalue weighted by Gasteiger charge is -2.26. The van der Waals surface area contributed by atoms with Crippen molar-refractivity contribution < 1.29 is 29.4 Å². The highest BCUT2D eigenvalue weighted by molar-refractivity contribution is 5.84. The van der Waals surface area contributed by atoms with Crippen LogP contribution in [0, 0.1) is 0 Å². The normalized spacial score (nSPS) is 27.4. The van der Waals surface area contributed by atoms with Gasteiger partial charge in [0.25, 0.3) is 0 Å². The van der Waals surface area contributed by atoms with Gasteiger partial charge in [-0.05, 0) is 12.8 Å². The van der Waals surface area contributed by atoms with Crippen molar-refractivity contribution in [3.8, 4) is 0 Å². The summed E-state index contributed by atoms with van der Waals surface area (Å²) in [5.41, 5.74) is 0. The third-order valence-electron chi connectivity index (χ3n) is 2.94. The predicted molar refractivity (Wildman–Crippen MR) is 52.0 cm³/mol. The molecule has 2 heterocycles. The Bertz CT molecular complexity index is 370. The molecule has 2 aliphatic rings. The molecule has 2 atom stereocenters. The molecule has 0 spiro atoms. The van der Waals surface area contributed by atoms with E-state index in [0.29, 0.717) is 12.8 Å². The molecule has 0 radical (unpaired) electrons. The topological polar surface area (TPSA) is 107 Å². The Kier molecular flexibility index (Phi) is 2.88. The molecule has 2 amide bonds. The molecular weight excluding hydrogens is 232 g/mol. The second-order valence-electron chi connectivity index (χ2n) is 4.01. The van der Waals surface area contributed by atoms with E-state index in [1.807, 2.05) is 0 Å². The summed E-state index contributed by atoms with van der Waals surface area (Å²) in [6, 6.07) is -1.66. The molecule has 2 bridgehead atoms. The predicted octanol–water partition coefficient (Wildman–Crippen LogP) is -0.644. The number of carbonyl (C=O) groups is 3. The summed E-state index contributed by atoms with van der Waals surface area (Å²) in [7, 11) is 0. The standard InChI is InChI=1S/C9H12N2O6/c12-7(13)4-17-11-5-1-2-6(8(14)15)10(3-5)9(11)16/h5-6H,1-4H2,(H,12,13)(H,14,15). The molecule has 8 nitrogen and oxygen atoms in total. The van der Waals surface area contributed by atoms with Crippen molar-refractivity contribution >= 4 is 18.0 Å². The van der Waals surface area contributed by atoms with Crippen LogP contribution in [0.5, 0.6) is 0 Å². The Morgan fingerprint density at radius 3 is 2.65 bits per heavy atom. The van der Waals surface area contributed by atoms with Crippen molar-refractivity contribution in [1.29, 1.82) is 0 Å². The van der Waals surface area contributed by atoms with Crippen LogP contribution in [0.4, 0.5) is 4.79 Å². The fraction of sp³-hybridized carbons (Fsp3) is 0.667. The maximum Gasteiger partial charge on any atom is 0.345 e. The van der Waals surface area contributed by atoms with Gasteiger partial charge in [-0.15, -0.1) is 0 Å². The summed E-state index contributed by atoms with van der Waals surface area (Å²) in [6.45, 7) is -0.330. The van der Waals surface area contributed by atoms with Crippen LogP contribution in [0.15, 0.2) is 0 Å². The highest BCUT2D eigenvalue weighted by atomic mass is 16.7. The summed E-state index contributed by atoms with van der Waals surface area (Å²) in [4.78, 5) is 39.1. The van der Waals surface area contributed by atoms with Gasteiger partial charge in [-0.3, -0.25) is 4.84 Å². The maximum atomic E-state index is 11.8. The molecule has 0 aromatic heterocycles. The second kappa shape index (κ2) is 4.21. The molecule has 2 unspecified atom stereocenters. The SMILES string of the molecule is O=C(O)CON1C(=O)N2CC1CCC2C(=O)O. The molecule has 0 aromatic carbocycles. The van der Waals surface area contributed by atoms with E-state index in [1.165, 1.54) is 4.90 Å². The van der Waals surface area contributed by atoms with Gasteiger partial charge in [0.05, 0.1) is 6.04 Å². The van der Waals surface area contributed by atoms with Crippen LogP contribution >= 0.6 is 0 Å². The summed E-state index contributed by atoms with van der Waals surface area (Å²) in [5, 5.41) is 18.4. The Balaban J connectivity index is 2.06. The Morgan fingerprint density at radius 1 is 1.35 bits per heavy atom. The maximum absolute atomic E-state index is 11.8. The Hall–Kier alpha value is -1.83. The Morgan fingerprint density at radius 2 is 2.06 bits per heavy atom. The number of fused-ring (bicyclic) bond motifs is 2. The molecule has 2 aliphatic heterocycles. The van der Waals surface area contributed by atoms with Crippen molar-refractivity contribution in [3.05, 3.63) is 0 Å². The highest BCUT2D eigenvalue weighted by Crippen LogP contribution is 2.29. The fourth-order valence-corrected chi connectivity index (χ4v) is 2.18. The van der Waals surface area contributed by atoms with Gasteiger partial charge >= 0.3 is 18.0 Å². The van der Waals surface area contributed by atoms with Crippen LogP contribution < -0.4 is 0 Å². The zero-order valence-corrected chi connectivity index (χ0v) is 8.90. The number of rotatable bonds is 4. The van der Waals surface area contributed by atoms with Crippen molar-refractivity contribution in [2.45, 2.75) is 24.9 Å². The monoisotopic (exact) mass is 244 g/mol. The Labute approximate surface area is 96.3 Å². The summed E-state index contributed by atoms with van der Waals surface area (Å²) < 4.78 is 0. The molecule has 2 rings (SSSR count). The minimum absolute atomic E-state index is 0.252. The number of hydrogen-bond acceptors (Lipinski definition) is 4. The van der Waals surface area contributed by atoms with Gasteiger partial charge in [0, 0.05) is 6.54 Å². The third-order valence-corrected chi connectivity index (χ3v) is 2.94. The van der Waals surface area contributed by atoms with Gasteiger partial charge in [0.2, 0.25) is 0 Å². The molecule has 94 valence electrons. The van der Waals surface area contributed by atoms with E-state index >= 15 is 0 Å². The summed E-state index contributed by atoms with van der Waals surface area (Å²) in [5.74, 6) is -2.22. The molecule has 17 heavy (non-hydrogen) atoms. The first-order valence-corrected chi connectivity index (χ1v) is 5.18. The number of carbonyl (C=O) groups excluding carboxylic acids is 1. The molecule has 0 saturated carbocycles. The van der Waals surface area contributed by atoms with Crippen LogP contribution in [0.2, 0.25) is 0 Å². The second-order valence-corrected chi connectivity index (χ2v) is 4.01. The van der Waals surface area contributed by atoms with Gasteiger partial charge < -0.3 is 15.1 Å². The van der Waals surface area contributed by atoms with E-state index < -0.39 is 30.6 Å². The van der Waals surface area contributed by atoms with E-state index in [9.17, 15) is 14.4 Å². The van der Waals surface area contributed by atoms with Gasteiger partial charge in [0.1, 0.15) is 6.04 Å². The fourth-order valence-electron chi connectivity index (χ4n) is 2.18. The smallest absolute Gasteiger partial charge is 0.345 e. The van der Waals surface area contributed by atoms with Crippen LogP contribution in [0.3, 0.4) is 0 Å². The molecule has 2 saturated heterocycles. The third kappa shape index (κ3) is 2.03. The van der Waals surface area contributed by atoms with Gasteiger partial charge in [0.15, 0.2) is 6.61 Å². The van der Waals surface area contributed by atoms with Gasteiger partial charge in [-0.1, -0.05) is 0 Å². The van der Waals surface area contributed by atoms with E-state index in [4.69, 9.17) is 15.1 Å². The van der Waals surface area contributed by atoms with Crippen molar-refractivity contribution in [1.82, 2.24) is 9.96 Å². The summed E-state index contributed by atoms with van der Waals surface area (Å²) in [6.07, 6.45) is 0.859. The molecule has 0 aliphatic carbocycles. The lowest BCUT2D eigenvalue weighted by molar-refractivity contribution is -0.167. The average Bonchev–Trinajstić information content (AvgIpc) is 2.49. The molecule has 0 aromatic rings. The van der Waals surface area contributed by atoms with Gasteiger partial charge in [-0.2, -0.15) is 5.06 Å². The largest absolute Gasteiger partial charge is 0.480 e. The lowest BCUT2D eigenvalue weighted by atomic mass is 10.0. The van der Waals surface area contributed by atoms with E-state index in [0.717, 1.165) is 5.06 Å². The van der Waals surface area contributed by atoms with Crippen molar-refractivity contribution in [3.63, 3.8) is 0 Å². The molecular formula is C9H12N2O6. The minimum atomic E-state index is -1.18. The molecule has 2 N–H and O–H groups in total. The average molecular weight is 244 g/mol. The van der Waals surface area contributed by atoms with Gasteiger partial charge in [-0.25, -0.2) is 14.4 Å². The number of hydrogen-bond donors (Lipinski definition) is 2. The van der Waals surface area contributed by atoms with Crippen LogP contribution in [0.25, 0.3) is 0 Å². The number of amides is 2. The van der Waals surface area contributed by atoms with E-state index in [1.54, 1.807) is 0 Å². The number of hydroxylamine groups is 2. The first kappa shape index (κ1) is 11.6. The number of nitrogens with zero attached hydrogens (tertiary/aromatic N) is 2. The molecule has 8 heteroatoms. The minimum Gasteiger partial charge on any atom is -0.480 e. The van der Waals surface area contributed by atoms with Crippen molar-refractivity contribution in [2.75, 3.05) is 13.2 Å². The van der Waals surface area contributed by atoms with Crippen LogP contribution in [0.1, 0.15) is 12.8 Å². The first-order valence-electron chi connectivity index (χ1n) is 5.18. The zero-order chi connectivity index (χ0) is 12.6. The van der Waals surface area contributed by atoms with Crippen LogP contribution in [-0.4, -0.2) is 63.4 Å². The zero-order valence-electron chi connectivity index (χ0n) is 8.90. The number of urea groups is 1. The molecule has 2 fully saturated rings. The first-order chi connectivity index (χ1) is 8.00. The van der Waals surface area contributed by atoms with Crippen LogP contribution in [-0.2, 0) is 14.4 Å². The number of aliphatic carboxylic acids is 2. The number of carboxylic acids is 2. The van der Waals surface area contributed by atoms with E-state index in [-0.39, 0.29) is 12.6 Å². The highest BCUT2D eigenvalue weighted by Gasteiger charge is 2.48. The quantitative estimate of drug-likeness (QED) is 0.680. The lowest BCUT2D eigenvalue weighted by Crippen LogP contribution is -2.44. The van der Waals surface area contributed by atoms with Crippen molar-refractivity contribution in [2.24, 2.45) is 0 Å². The summed E-state index contributed by atoms with van der Waals surface area (Å²) >= 11 is 0. The number of piperidine rings is 1. The number of carboxylic acid groups (broad SMARTS) is 2. The van der Waals surface area contributed by atoms with E-state index in [2.05, 4.69) is 0 Å².